The van der Waals surface area contributed by atoms with Gasteiger partial charge in [0.1, 0.15) is 5.69 Å². The maximum absolute atomic E-state index is 11.8. The lowest BCUT2D eigenvalue weighted by Crippen LogP contribution is -2.15. The quantitative estimate of drug-likeness (QED) is 0.806. The molecule has 0 spiro atoms. The van der Waals surface area contributed by atoms with Crippen LogP contribution >= 0.6 is 0 Å². The molecule has 2 aromatic rings. The summed E-state index contributed by atoms with van der Waals surface area (Å²) in [6, 6.07) is 5.15. The summed E-state index contributed by atoms with van der Waals surface area (Å²) < 4.78 is 1.61. The minimum atomic E-state index is -0.293. The van der Waals surface area contributed by atoms with Crippen molar-refractivity contribution in [2.75, 3.05) is 5.32 Å². The van der Waals surface area contributed by atoms with Crippen LogP contribution in [0, 0.1) is 0 Å². The van der Waals surface area contributed by atoms with Crippen LogP contribution in [0.3, 0.4) is 0 Å². The van der Waals surface area contributed by atoms with Crippen LogP contribution in [0.15, 0.2) is 30.6 Å². The molecule has 0 atom stereocenters. The zero-order valence-electron chi connectivity index (χ0n) is 9.42. The van der Waals surface area contributed by atoms with E-state index in [0.29, 0.717) is 18.1 Å². The number of hydrogen-bond acceptors (Lipinski definition) is 4. The largest absolute Gasteiger partial charge is 0.326 e. The molecule has 0 aliphatic rings. The summed E-state index contributed by atoms with van der Waals surface area (Å²) in [5.41, 5.74) is 6.70. The van der Waals surface area contributed by atoms with E-state index in [1.54, 1.807) is 42.3 Å². The molecular weight excluding hydrogens is 218 g/mol. The van der Waals surface area contributed by atoms with Gasteiger partial charge in [-0.3, -0.25) is 14.5 Å². The molecule has 3 N–H and O–H groups in total. The number of carbonyl (C=O) groups is 1. The normalized spacial score (nSPS) is 10.2. The van der Waals surface area contributed by atoms with Crippen LogP contribution in [0.25, 0.3) is 0 Å². The lowest BCUT2D eigenvalue weighted by atomic mass is 10.3. The van der Waals surface area contributed by atoms with Gasteiger partial charge in [-0.1, -0.05) is 6.07 Å². The van der Waals surface area contributed by atoms with Crippen LogP contribution in [0.4, 0.5) is 5.82 Å². The lowest BCUT2D eigenvalue weighted by Gasteiger charge is -2.02. The summed E-state index contributed by atoms with van der Waals surface area (Å²) in [6.07, 6.45) is 3.34. The van der Waals surface area contributed by atoms with Crippen molar-refractivity contribution >= 4 is 11.7 Å². The molecule has 0 bridgehead atoms. The van der Waals surface area contributed by atoms with Crippen LogP contribution in [0.1, 0.15) is 16.1 Å². The molecule has 0 unspecified atom stereocenters. The van der Waals surface area contributed by atoms with Gasteiger partial charge in [-0.05, 0) is 12.1 Å². The molecule has 2 aromatic heterocycles. The molecule has 0 fully saturated rings. The van der Waals surface area contributed by atoms with E-state index in [2.05, 4.69) is 15.4 Å². The molecule has 0 aliphatic heterocycles. The van der Waals surface area contributed by atoms with Crippen molar-refractivity contribution in [3.05, 3.63) is 41.9 Å². The van der Waals surface area contributed by atoms with E-state index >= 15 is 0 Å². The summed E-state index contributed by atoms with van der Waals surface area (Å²) in [5, 5.41) is 6.81. The molecule has 6 nitrogen and oxygen atoms in total. The Morgan fingerprint density at radius 2 is 2.35 bits per heavy atom. The Morgan fingerprint density at radius 3 is 3.00 bits per heavy atom. The molecule has 0 aromatic carbocycles. The number of nitrogens with zero attached hydrogens (tertiary/aromatic N) is 3. The number of nitrogens with two attached hydrogens (primary N) is 1. The molecule has 0 aliphatic carbocycles. The number of rotatable bonds is 3. The van der Waals surface area contributed by atoms with Crippen molar-refractivity contribution in [3.8, 4) is 0 Å². The Hall–Kier alpha value is -2.21. The summed E-state index contributed by atoms with van der Waals surface area (Å²) in [5.74, 6) is 0.185. The summed E-state index contributed by atoms with van der Waals surface area (Å²) in [7, 11) is 1.77. The predicted molar refractivity (Wildman–Crippen MR) is 63.3 cm³/mol. The van der Waals surface area contributed by atoms with Gasteiger partial charge in [-0.15, -0.1) is 0 Å². The zero-order chi connectivity index (χ0) is 12.3. The van der Waals surface area contributed by atoms with E-state index in [4.69, 9.17) is 5.73 Å². The predicted octanol–water partition coefficient (Wildman–Crippen LogP) is 0.526. The number of carbonyl (C=O) groups excluding carboxylic acids is 1. The van der Waals surface area contributed by atoms with Gasteiger partial charge < -0.3 is 11.1 Å². The SMILES string of the molecule is Cn1cc(CN)c(NC(=O)c2ccccn2)n1. The Kier molecular flexibility index (Phi) is 3.15. The minimum absolute atomic E-state index is 0.293. The Balaban J connectivity index is 2.18. The Bertz CT molecular complexity index is 520. The fourth-order valence-corrected chi connectivity index (χ4v) is 1.46. The molecule has 0 saturated heterocycles. The van der Waals surface area contributed by atoms with E-state index < -0.39 is 0 Å². The van der Waals surface area contributed by atoms with Gasteiger partial charge >= 0.3 is 0 Å². The van der Waals surface area contributed by atoms with Crippen LogP contribution in [-0.4, -0.2) is 20.7 Å². The molecule has 88 valence electrons. The number of anilines is 1. The second kappa shape index (κ2) is 4.75. The van der Waals surface area contributed by atoms with Gasteiger partial charge in [0, 0.05) is 31.5 Å². The van der Waals surface area contributed by atoms with Crippen molar-refractivity contribution < 1.29 is 4.79 Å². The van der Waals surface area contributed by atoms with Crippen molar-refractivity contribution in [2.24, 2.45) is 12.8 Å². The number of hydrogen-bond donors (Lipinski definition) is 2. The molecule has 6 heteroatoms. The molecule has 1 amide bonds. The number of nitrogens with one attached hydrogen (secondary N) is 1. The Morgan fingerprint density at radius 1 is 1.53 bits per heavy atom. The van der Waals surface area contributed by atoms with Crippen LogP contribution in [-0.2, 0) is 13.6 Å². The minimum Gasteiger partial charge on any atom is -0.326 e. The fraction of sp³-hybridized carbons (Fsp3) is 0.182. The van der Waals surface area contributed by atoms with E-state index in [1.165, 1.54) is 0 Å². The topological polar surface area (TPSA) is 85.8 Å². The monoisotopic (exact) mass is 231 g/mol. The molecular formula is C11H13N5O. The summed E-state index contributed by atoms with van der Waals surface area (Å²) in [6.45, 7) is 0.325. The second-order valence-corrected chi connectivity index (χ2v) is 3.55. The van der Waals surface area contributed by atoms with Crippen LogP contribution in [0.5, 0.6) is 0 Å². The van der Waals surface area contributed by atoms with Gasteiger partial charge in [0.25, 0.3) is 5.91 Å². The van der Waals surface area contributed by atoms with Gasteiger partial charge in [0.05, 0.1) is 0 Å². The van der Waals surface area contributed by atoms with Crippen molar-refractivity contribution in [3.63, 3.8) is 0 Å². The van der Waals surface area contributed by atoms with E-state index in [-0.39, 0.29) is 5.91 Å². The van der Waals surface area contributed by atoms with E-state index in [0.717, 1.165) is 5.56 Å². The van der Waals surface area contributed by atoms with E-state index in [9.17, 15) is 4.79 Å². The molecule has 0 radical (unpaired) electrons. The molecule has 2 heterocycles. The first kappa shape index (κ1) is 11.3. The number of amides is 1. The standard InChI is InChI=1S/C11H13N5O/c1-16-7-8(6-12)10(15-16)14-11(17)9-4-2-3-5-13-9/h2-5,7H,6,12H2,1H3,(H,14,15,17). The summed E-state index contributed by atoms with van der Waals surface area (Å²) in [4.78, 5) is 15.8. The third-order valence-corrected chi connectivity index (χ3v) is 2.25. The maximum atomic E-state index is 11.8. The summed E-state index contributed by atoms with van der Waals surface area (Å²) >= 11 is 0. The van der Waals surface area contributed by atoms with E-state index in [1.807, 2.05) is 0 Å². The number of pyridine rings is 1. The first-order chi connectivity index (χ1) is 8.20. The number of aryl methyl sites for hydroxylation is 1. The van der Waals surface area contributed by atoms with Gasteiger partial charge in [0.15, 0.2) is 5.82 Å². The van der Waals surface area contributed by atoms with Gasteiger partial charge in [0.2, 0.25) is 0 Å². The molecule has 2 rings (SSSR count). The third kappa shape index (κ3) is 2.48. The third-order valence-electron chi connectivity index (χ3n) is 2.25. The van der Waals surface area contributed by atoms with Gasteiger partial charge in [-0.2, -0.15) is 5.10 Å². The zero-order valence-corrected chi connectivity index (χ0v) is 9.42. The van der Waals surface area contributed by atoms with Crippen molar-refractivity contribution in [2.45, 2.75) is 6.54 Å². The lowest BCUT2D eigenvalue weighted by molar-refractivity contribution is 0.102. The average molecular weight is 231 g/mol. The highest BCUT2D eigenvalue weighted by Crippen LogP contribution is 2.12. The van der Waals surface area contributed by atoms with Crippen LogP contribution < -0.4 is 11.1 Å². The fourth-order valence-electron chi connectivity index (χ4n) is 1.46. The molecule has 17 heavy (non-hydrogen) atoms. The highest BCUT2D eigenvalue weighted by molar-refractivity contribution is 6.02. The van der Waals surface area contributed by atoms with Gasteiger partial charge in [-0.25, -0.2) is 0 Å². The van der Waals surface area contributed by atoms with Crippen LogP contribution in [0.2, 0.25) is 0 Å². The first-order valence-electron chi connectivity index (χ1n) is 5.15. The first-order valence-corrected chi connectivity index (χ1v) is 5.15. The average Bonchev–Trinajstić information content (AvgIpc) is 2.70. The maximum Gasteiger partial charge on any atom is 0.275 e. The highest BCUT2D eigenvalue weighted by atomic mass is 16.1. The highest BCUT2D eigenvalue weighted by Gasteiger charge is 2.12. The second-order valence-electron chi connectivity index (χ2n) is 3.55. The number of aromatic nitrogens is 3. The smallest absolute Gasteiger partial charge is 0.275 e. The Labute approximate surface area is 98.5 Å². The van der Waals surface area contributed by atoms with Crippen molar-refractivity contribution in [1.82, 2.24) is 14.8 Å². The molecule has 0 saturated carbocycles. The van der Waals surface area contributed by atoms with Crippen molar-refractivity contribution in [1.29, 1.82) is 0 Å².